The Balaban J connectivity index is 1.69. The van der Waals surface area contributed by atoms with E-state index in [1.54, 1.807) is 24.4 Å². The molecule has 2 heterocycles. The first-order valence-electron chi connectivity index (χ1n) is 8.53. The van der Waals surface area contributed by atoms with Gasteiger partial charge in [0.1, 0.15) is 6.54 Å². The molecule has 3 rings (SSSR count). The van der Waals surface area contributed by atoms with Crippen LogP contribution >= 0.6 is 0 Å². The predicted molar refractivity (Wildman–Crippen MR) is 99.2 cm³/mol. The van der Waals surface area contributed by atoms with Gasteiger partial charge in [0.15, 0.2) is 21.3 Å². The number of carbonyl (C=O) groups excluding carboxylic acids is 2. The molecule has 0 aliphatic carbocycles. The topological polar surface area (TPSA) is 102 Å². The molecular formula is C18H22N2O6S. The van der Waals surface area contributed by atoms with Crippen molar-refractivity contribution in [2.75, 3.05) is 32.3 Å². The lowest BCUT2D eigenvalue weighted by molar-refractivity contribution is -0.133. The zero-order valence-electron chi connectivity index (χ0n) is 15.2. The van der Waals surface area contributed by atoms with Gasteiger partial charge in [0, 0.05) is 12.2 Å². The molecule has 8 nitrogen and oxygen atoms in total. The largest absolute Gasteiger partial charge is 0.493 e. The zero-order valence-corrected chi connectivity index (χ0v) is 16.0. The summed E-state index contributed by atoms with van der Waals surface area (Å²) in [6, 6.07) is 3.15. The van der Waals surface area contributed by atoms with Crippen molar-refractivity contribution in [1.82, 2.24) is 10.2 Å². The van der Waals surface area contributed by atoms with E-state index in [0.29, 0.717) is 17.9 Å². The molecule has 1 N–H and O–H groups in total. The second-order valence-electron chi connectivity index (χ2n) is 6.59. The molecule has 0 aromatic heterocycles. The number of nitrogens with zero attached hydrogens (tertiary/aromatic N) is 1. The van der Waals surface area contributed by atoms with E-state index in [-0.39, 0.29) is 42.3 Å². The number of hydrogen-bond donors (Lipinski definition) is 1. The van der Waals surface area contributed by atoms with E-state index in [1.807, 2.05) is 0 Å². The average molecular weight is 394 g/mol. The number of carbonyl (C=O) groups is 2. The fourth-order valence-corrected chi connectivity index (χ4v) is 4.91. The van der Waals surface area contributed by atoms with Crippen molar-refractivity contribution in [3.8, 4) is 11.5 Å². The maximum Gasteiger partial charge on any atom is 0.240 e. The zero-order chi connectivity index (χ0) is 19.6. The molecule has 0 bridgehead atoms. The lowest BCUT2D eigenvalue weighted by Gasteiger charge is -2.18. The standard InChI is InChI=1S/C18H22N2O6S/c1-25-15-7-12-3-5-20(18(22)9-13(12)8-16(15)26-2)10-17(21)19-14-4-6-27(23,24)11-14/h3,5,7-8,14H,4,6,9-11H2,1-2H3,(H,19,21). The minimum atomic E-state index is -3.07. The fraction of sp³-hybridized carbons (Fsp3) is 0.444. The van der Waals surface area contributed by atoms with Gasteiger partial charge in [-0.2, -0.15) is 0 Å². The lowest BCUT2D eigenvalue weighted by atomic mass is 10.0. The molecule has 146 valence electrons. The van der Waals surface area contributed by atoms with Crippen LogP contribution in [0.1, 0.15) is 17.5 Å². The predicted octanol–water partition coefficient (Wildman–Crippen LogP) is 0.363. The summed E-state index contributed by atoms with van der Waals surface area (Å²) in [7, 11) is -0.00966. The molecule has 1 aromatic carbocycles. The van der Waals surface area contributed by atoms with Crippen LogP contribution in [0.2, 0.25) is 0 Å². The molecule has 9 heteroatoms. The highest BCUT2D eigenvalue weighted by atomic mass is 32.2. The van der Waals surface area contributed by atoms with Gasteiger partial charge in [-0.3, -0.25) is 9.59 Å². The van der Waals surface area contributed by atoms with Crippen LogP contribution < -0.4 is 14.8 Å². The number of hydrogen-bond acceptors (Lipinski definition) is 6. The number of benzene rings is 1. The monoisotopic (exact) mass is 394 g/mol. The normalized spacial score (nSPS) is 20.7. The third kappa shape index (κ3) is 4.41. The summed E-state index contributed by atoms with van der Waals surface area (Å²) < 4.78 is 33.5. The smallest absolute Gasteiger partial charge is 0.240 e. The Kier molecular flexibility index (Phi) is 5.41. The van der Waals surface area contributed by atoms with E-state index in [0.717, 1.165) is 11.1 Å². The summed E-state index contributed by atoms with van der Waals surface area (Å²) >= 11 is 0. The summed E-state index contributed by atoms with van der Waals surface area (Å²) in [5.41, 5.74) is 1.59. The Morgan fingerprint density at radius 2 is 1.96 bits per heavy atom. The van der Waals surface area contributed by atoms with E-state index >= 15 is 0 Å². The summed E-state index contributed by atoms with van der Waals surface area (Å²) in [6.07, 6.45) is 3.83. The highest BCUT2D eigenvalue weighted by molar-refractivity contribution is 7.91. The Hall–Kier alpha value is -2.55. The highest BCUT2D eigenvalue weighted by Gasteiger charge is 2.29. The molecule has 0 spiro atoms. The molecule has 2 amide bonds. The minimum absolute atomic E-state index is 0.0481. The quantitative estimate of drug-likeness (QED) is 0.774. The minimum Gasteiger partial charge on any atom is -0.493 e. The van der Waals surface area contributed by atoms with Crippen molar-refractivity contribution in [3.63, 3.8) is 0 Å². The number of amides is 2. The van der Waals surface area contributed by atoms with E-state index < -0.39 is 9.84 Å². The summed E-state index contributed by atoms with van der Waals surface area (Å²) in [5.74, 6) is 0.517. The number of rotatable bonds is 5. The molecule has 1 aromatic rings. The van der Waals surface area contributed by atoms with Crippen molar-refractivity contribution in [1.29, 1.82) is 0 Å². The highest BCUT2D eigenvalue weighted by Crippen LogP contribution is 2.32. The van der Waals surface area contributed by atoms with Gasteiger partial charge in [-0.1, -0.05) is 0 Å². The van der Waals surface area contributed by atoms with Crippen LogP contribution in [-0.4, -0.2) is 63.4 Å². The Morgan fingerprint density at radius 1 is 1.26 bits per heavy atom. The van der Waals surface area contributed by atoms with Crippen LogP contribution in [0.25, 0.3) is 6.08 Å². The molecule has 1 unspecified atom stereocenters. The summed E-state index contributed by atoms with van der Waals surface area (Å²) in [6.45, 7) is -0.159. The van der Waals surface area contributed by atoms with Gasteiger partial charge in [0.05, 0.1) is 32.1 Å². The first-order valence-corrected chi connectivity index (χ1v) is 10.4. The van der Waals surface area contributed by atoms with Crippen molar-refractivity contribution < 1.29 is 27.5 Å². The lowest BCUT2D eigenvalue weighted by Crippen LogP contribution is -2.43. The Morgan fingerprint density at radius 3 is 2.59 bits per heavy atom. The molecule has 1 atom stereocenters. The first kappa shape index (κ1) is 19.2. The molecule has 2 aliphatic heterocycles. The van der Waals surface area contributed by atoms with E-state index in [1.165, 1.54) is 19.1 Å². The van der Waals surface area contributed by atoms with Crippen molar-refractivity contribution in [3.05, 3.63) is 29.5 Å². The van der Waals surface area contributed by atoms with Crippen LogP contribution in [0.15, 0.2) is 18.3 Å². The molecule has 1 saturated heterocycles. The fourth-order valence-electron chi connectivity index (χ4n) is 3.24. The molecule has 27 heavy (non-hydrogen) atoms. The van der Waals surface area contributed by atoms with Crippen molar-refractivity contribution in [2.45, 2.75) is 18.9 Å². The maximum atomic E-state index is 12.5. The first-order chi connectivity index (χ1) is 12.8. The van der Waals surface area contributed by atoms with E-state index in [4.69, 9.17) is 9.47 Å². The van der Waals surface area contributed by atoms with Crippen LogP contribution in [0, 0.1) is 0 Å². The van der Waals surface area contributed by atoms with E-state index in [9.17, 15) is 18.0 Å². The SMILES string of the molecule is COc1cc2c(cc1OC)CC(=O)N(CC(=O)NC1CCS(=O)(=O)C1)C=C2. The Labute approximate surface area is 158 Å². The number of sulfone groups is 1. The number of methoxy groups -OCH3 is 2. The van der Waals surface area contributed by atoms with E-state index in [2.05, 4.69) is 5.32 Å². The average Bonchev–Trinajstić information content (AvgIpc) is 2.88. The second-order valence-corrected chi connectivity index (χ2v) is 8.82. The molecule has 2 aliphatic rings. The van der Waals surface area contributed by atoms with Crippen LogP contribution in [0.5, 0.6) is 11.5 Å². The molecule has 0 saturated carbocycles. The molecule has 0 radical (unpaired) electrons. The van der Waals surface area contributed by atoms with Crippen molar-refractivity contribution >= 4 is 27.7 Å². The Bertz CT molecular complexity index is 893. The summed E-state index contributed by atoms with van der Waals surface area (Å²) in [4.78, 5) is 26.1. The van der Waals surface area contributed by atoms with Gasteiger partial charge >= 0.3 is 0 Å². The van der Waals surface area contributed by atoms with Crippen LogP contribution in [-0.2, 0) is 25.8 Å². The van der Waals surface area contributed by atoms with Crippen molar-refractivity contribution in [2.24, 2.45) is 0 Å². The molecule has 1 fully saturated rings. The van der Waals surface area contributed by atoms with Gasteiger partial charge < -0.3 is 19.7 Å². The van der Waals surface area contributed by atoms with Crippen LogP contribution in [0.3, 0.4) is 0 Å². The summed E-state index contributed by atoms with van der Waals surface area (Å²) in [5, 5.41) is 2.69. The number of ether oxygens (including phenoxy) is 2. The number of nitrogens with one attached hydrogen (secondary N) is 1. The van der Waals surface area contributed by atoms with Gasteiger partial charge in [-0.25, -0.2) is 8.42 Å². The van der Waals surface area contributed by atoms with Gasteiger partial charge in [0.25, 0.3) is 0 Å². The third-order valence-corrected chi connectivity index (χ3v) is 6.42. The van der Waals surface area contributed by atoms with Gasteiger partial charge in [-0.05, 0) is 35.8 Å². The number of fused-ring (bicyclic) bond motifs is 1. The second kappa shape index (κ2) is 7.59. The maximum absolute atomic E-state index is 12.5. The molecular weight excluding hydrogens is 372 g/mol. The van der Waals surface area contributed by atoms with Gasteiger partial charge in [0.2, 0.25) is 11.8 Å². The van der Waals surface area contributed by atoms with Gasteiger partial charge in [-0.15, -0.1) is 0 Å². The van der Waals surface area contributed by atoms with Crippen LogP contribution in [0.4, 0.5) is 0 Å². The third-order valence-electron chi connectivity index (χ3n) is 4.65.